The largest absolute Gasteiger partial charge is 0.442 e. The van der Waals surface area contributed by atoms with E-state index in [-0.39, 0.29) is 0 Å². The van der Waals surface area contributed by atoms with Crippen LogP contribution in [0.2, 0.25) is 0 Å². The van der Waals surface area contributed by atoms with Crippen molar-refractivity contribution in [3.63, 3.8) is 0 Å². The van der Waals surface area contributed by atoms with Crippen LogP contribution in [0.25, 0.3) is 0 Å². The lowest BCUT2D eigenvalue weighted by Gasteiger charge is -2.26. The molecule has 0 saturated heterocycles. The third-order valence-corrected chi connectivity index (χ3v) is 1.85. The van der Waals surface area contributed by atoms with E-state index in [1.165, 1.54) is 0 Å². The highest BCUT2D eigenvalue weighted by molar-refractivity contribution is 5.66. The van der Waals surface area contributed by atoms with Crippen molar-refractivity contribution in [3.8, 4) is 0 Å². The van der Waals surface area contributed by atoms with Crippen LogP contribution in [-0.4, -0.2) is 24.4 Å². The second-order valence-electron chi connectivity index (χ2n) is 2.89. The van der Waals surface area contributed by atoms with E-state index in [9.17, 15) is 9.59 Å². The Kier molecular flexibility index (Phi) is 3.33. The maximum atomic E-state index is 10.5. The van der Waals surface area contributed by atoms with Gasteiger partial charge in [-0.15, -0.1) is 0 Å². The van der Waals surface area contributed by atoms with E-state index >= 15 is 0 Å². The Labute approximate surface area is 80.8 Å². The van der Waals surface area contributed by atoms with Gasteiger partial charge in [-0.3, -0.25) is 0 Å². The molecular weight excluding hydrogens is 188 g/mol. The Hall–Kier alpha value is -1.72. The minimum absolute atomic E-state index is 0.473. The van der Waals surface area contributed by atoms with Crippen molar-refractivity contribution in [2.24, 2.45) is 11.5 Å². The van der Waals surface area contributed by atoms with Crippen LogP contribution < -0.4 is 11.5 Å². The number of carbonyl (C=O) groups excluding carboxylic acids is 2. The molecular formula is C8H12N2O4. The summed E-state index contributed by atoms with van der Waals surface area (Å²) in [4.78, 5) is 21.0. The van der Waals surface area contributed by atoms with E-state index in [4.69, 9.17) is 20.9 Å². The first-order valence-electron chi connectivity index (χ1n) is 4.16. The van der Waals surface area contributed by atoms with Crippen LogP contribution in [0.1, 0.15) is 12.8 Å². The fourth-order valence-corrected chi connectivity index (χ4v) is 1.31. The molecule has 0 aromatic rings. The number of nitrogens with two attached hydrogens (primary N) is 2. The molecule has 1 aliphatic rings. The van der Waals surface area contributed by atoms with Crippen molar-refractivity contribution >= 4 is 12.2 Å². The molecule has 6 nitrogen and oxygen atoms in total. The summed E-state index contributed by atoms with van der Waals surface area (Å²) in [6, 6.07) is 0. The molecule has 0 aromatic heterocycles. The molecule has 0 aromatic carbocycles. The zero-order chi connectivity index (χ0) is 10.6. The van der Waals surface area contributed by atoms with Crippen molar-refractivity contribution in [1.82, 2.24) is 0 Å². The molecule has 0 saturated carbocycles. The fourth-order valence-electron chi connectivity index (χ4n) is 1.31. The Morgan fingerprint density at radius 2 is 1.36 bits per heavy atom. The number of rotatable bonds is 2. The zero-order valence-electron chi connectivity index (χ0n) is 7.51. The number of ether oxygens (including phenoxy) is 2. The Morgan fingerprint density at radius 1 is 1.00 bits per heavy atom. The first kappa shape index (κ1) is 10.4. The van der Waals surface area contributed by atoms with Gasteiger partial charge >= 0.3 is 12.2 Å². The molecule has 2 atom stereocenters. The molecule has 4 N–H and O–H groups in total. The molecule has 0 radical (unpaired) electrons. The Morgan fingerprint density at radius 3 is 1.64 bits per heavy atom. The second-order valence-corrected chi connectivity index (χ2v) is 2.89. The molecule has 0 aliphatic heterocycles. The van der Waals surface area contributed by atoms with Gasteiger partial charge in [0.15, 0.2) is 0 Å². The standard InChI is InChI=1S/C8H12N2O4/c9-7(11)13-5-3-1-2-4-6(5)14-8(10)12/h1-2,5-6H,3-4H2,(H2,9,11)(H2,10,12)/t5-,6+. The van der Waals surface area contributed by atoms with Gasteiger partial charge in [-0.2, -0.15) is 0 Å². The first-order chi connectivity index (χ1) is 6.59. The van der Waals surface area contributed by atoms with Gasteiger partial charge < -0.3 is 20.9 Å². The van der Waals surface area contributed by atoms with E-state index in [0.29, 0.717) is 12.8 Å². The lowest BCUT2D eigenvalue weighted by Crippen LogP contribution is -2.38. The predicted octanol–water partition coefficient (Wildman–Crippen LogP) is 0.264. The third kappa shape index (κ3) is 2.96. The SMILES string of the molecule is NC(=O)O[C@H]1CC=CC[C@H]1OC(N)=O. The lowest BCUT2D eigenvalue weighted by molar-refractivity contribution is -0.00394. The van der Waals surface area contributed by atoms with Gasteiger partial charge in [-0.05, 0) is 0 Å². The van der Waals surface area contributed by atoms with Crippen molar-refractivity contribution in [2.75, 3.05) is 0 Å². The molecule has 0 unspecified atom stereocenters. The van der Waals surface area contributed by atoms with Crippen molar-refractivity contribution in [1.29, 1.82) is 0 Å². The normalized spacial score (nSPS) is 25.4. The summed E-state index contributed by atoms with van der Waals surface area (Å²) in [5.41, 5.74) is 9.72. The number of hydrogen-bond donors (Lipinski definition) is 2. The van der Waals surface area contributed by atoms with E-state index < -0.39 is 24.4 Å². The Balaban J connectivity index is 2.55. The molecule has 78 valence electrons. The van der Waals surface area contributed by atoms with Crippen molar-refractivity contribution in [2.45, 2.75) is 25.0 Å². The molecule has 1 aliphatic carbocycles. The maximum absolute atomic E-state index is 10.5. The van der Waals surface area contributed by atoms with Gasteiger partial charge in [0.2, 0.25) is 0 Å². The fraction of sp³-hybridized carbons (Fsp3) is 0.500. The summed E-state index contributed by atoms with van der Waals surface area (Å²) in [5, 5.41) is 0. The number of hydrogen-bond acceptors (Lipinski definition) is 4. The summed E-state index contributed by atoms with van der Waals surface area (Å²) in [6.45, 7) is 0. The minimum atomic E-state index is -0.886. The summed E-state index contributed by atoms with van der Waals surface area (Å²) in [5.74, 6) is 0. The average molecular weight is 200 g/mol. The van der Waals surface area contributed by atoms with Gasteiger partial charge in [0.25, 0.3) is 0 Å². The number of primary amides is 2. The van der Waals surface area contributed by atoms with Gasteiger partial charge in [0.05, 0.1) is 0 Å². The molecule has 1 rings (SSSR count). The minimum Gasteiger partial charge on any atom is -0.442 e. The molecule has 0 spiro atoms. The van der Waals surface area contributed by atoms with E-state index in [0.717, 1.165) is 0 Å². The highest BCUT2D eigenvalue weighted by Crippen LogP contribution is 2.18. The quantitative estimate of drug-likeness (QED) is 0.624. The van der Waals surface area contributed by atoms with E-state index in [2.05, 4.69) is 0 Å². The molecule has 6 heteroatoms. The summed E-state index contributed by atoms with van der Waals surface area (Å²) < 4.78 is 9.52. The summed E-state index contributed by atoms with van der Waals surface area (Å²) in [6.07, 6.45) is 1.76. The molecule has 14 heavy (non-hydrogen) atoms. The van der Waals surface area contributed by atoms with Crippen LogP contribution in [0.5, 0.6) is 0 Å². The highest BCUT2D eigenvalue weighted by Gasteiger charge is 2.27. The molecule has 2 amide bonds. The number of carbonyl (C=O) groups is 2. The van der Waals surface area contributed by atoms with Gasteiger partial charge in [0, 0.05) is 12.8 Å². The van der Waals surface area contributed by atoms with Crippen LogP contribution in [0, 0.1) is 0 Å². The van der Waals surface area contributed by atoms with Crippen LogP contribution in [0.15, 0.2) is 12.2 Å². The van der Waals surface area contributed by atoms with Crippen LogP contribution >= 0.6 is 0 Å². The van der Waals surface area contributed by atoms with E-state index in [1.54, 1.807) is 0 Å². The summed E-state index contributed by atoms with van der Waals surface area (Å²) in [7, 11) is 0. The third-order valence-electron chi connectivity index (χ3n) is 1.85. The van der Waals surface area contributed by atoms with Gasteiger partial charge in [-0.1, -0.05) is 12.2 Å². The molecule has 0 fully saturated rings. The number of amides is 2. The van der Waals surface area contributed by atoms with Crippen LogP contribution in [0.4, 0.5) is 9.59 Å². The maximum Gasteiger partial charge on any atom is 0.404 e. The van der Waals surface area contributed by atoms with Crippen molar-refractivity contribution in [3.05, 3.63) is 12.2 Å². The highest BCUT2D eigenvalue weighted by atomic mass is 16.6. The van der Waals surface area contributed by atoms with Gasteiger partial charge in [-0.25, -0.2) is 9.59 Å². The topological polar surface area (TPSA) is 105 Å². The molecule has 0 bridgehead atoms. The first-order valence-corrected chi connectivity index (χ1v) is 4.16. The van der Waals surface area contributed by atoms with Crippen molar-refractivity contribution < 1.29 is 19.1 Å². The van der Waals surface area contributed by atoms with Gasteiger partial charge in [0.1, 0.15) is 12.2 Å². The van der Waals surface area contributed by atoms with E-state index in [1.807, 2.05) is 12.2 Å². The predicted molar refractivity (Wildman–Crippen MR) is 47.3 cm³/mol. The Bertz CT molecular complexity index is 238. The van der Waals surface area contributed by atoms with Crippen LogP contribution in [-0.2, 0) is 9.47 Å². The second kappa shape index (κ2) is 4.50. The lowest BCUT2D eigenvalue weighted by atomic mass is 10.0. The molecule has 0 heterocycles. The monoisotopic (exact) mass is 200 g/mol. The zero-order valence-corrected chi connectivity index (χ0v) is 7.51. The van der Waals surface area contributed by atoms with Crippen LogP contribution in [0.3, 0.4) is 0 Å². The average Bonchev–Trinajstić information content (AvgIpc) is 2.06. The smallest absolute Gasteiger partial charge is 0.404 e. The summed E-state index contributed by atoms with van der Waals surface area (Å²) >= 11 is 0.